The summed E-state index contributed by atoms with van der Waals surface area (Å²) >= 11 is 0. The molecule has 0 aliphatic heterocycles. The molecular weight excluding hydrogens is 292 g/mol. The highest BCUT2D eigenvalue weighted by atomic mass is 16.5. The Morgan fingerprint density at radius 2 is 2.26 bits per heavy atom. The Morgan fingerprint density at radius 1 is 1.48 bits per heavy atom. The SMILES string of the molecule is COc1ccc2c(n1)C[C@@H]1C=C(C)C[C@@]2(NCCC(C)=O)C1=O. The molecule has 2 aliphatic rings. The first-order valence-electron chi connectivity index (χ1n) is 7.97. The summed E-state index contributed by atoms with van der Waals surface area (Å²) in [7, 11) is 1.59. The van der Waals surface area contributed by atoms with Crippen molar-refractivity contribution in [3.63, 3.8) is 0 Å². The minimum Gasteiger partial charge on any atom is -0.481 e. The van der Waals surface area contributed by atoms with Crippen LogP contribution >= 0.6 is 0 Å². The van der Waals surface area contributed by atoms with E-state index >= 15 is 0 Å². The van der Waals surface area contributed by atoms with Crippen molar-refractivity contribution >= 4 is 11.6 Å². The van der Waals surface area contributed by atoms with E-state index in [2.05, 4.69) is 23.3 Å². The second-order valence-corrected chi connectivity index (χ2v) is 6.50. The maximum absolute atomic E-state index is 13.0. The molecule has 0 spiro atoms. The van der Waals surface area contributed by atoms with E-state index in [1.165, 1.54) is 5.57 Å². The smallest absolute Gasteiger partial charge is 0.213 e. The van der Waals surface area contributed by atoms with Gasteiger partial charge in [-0.15, -0.1) is 0 Å². The van der Waals surface area contributed by atoms with Gasteiger partial charge in [0.2, 0.25) is 5.88 Å². The first kappa shape index (κ1) is 15.9. The third-order valence-electron chi connectivity index (χ3n) is 4.72. The first-order valence-corrected chi connectivity index (χ1v) is 7.97. The van der Waals surface area contributed by atoms with E-state index in [1.54, 1.807) is 20.1 Å². The van der Waals surface area contributed by atoms with Crippen LogP contribution in [0.2, 0.25) is 0 Å². The molecule has 0 saturated carbocycles. The fourth-order valence-corrected chi connectivity index (χ4v) is 3.72. The van der Waals surface area contributed by atoms with Crippen molar-refractivity contribution in [1.29, 1.82) is 0 Å². The molecule has 3 rings (SSSR count). The number of pyridine rings is 1. The van der Waals surface area contributed by atoms with Crippen LogP contribution in [0.15, 0.2) is 23.8 Å². The van der Waals surface area contributed by atoms with Crippen molar-refractivity contribution in [2.75, 3.05) is 13.7 Å². The fraction of sp³-hybridized carbons (Fsp3) is 0.500. The van der Waals surface area contributed by atoms with Gasteiger partial charge >= 0.3 is 0 Å². The summed E-state index contributed by atoms with van der Waals surface area (Å²) in [5.74, 6) is 0.715. The highest BCUT2D eigenvalue weighted by Gasteiger charge is 2.50. The summed E-state index contributed by atoms with van der Waals surface area (Å²) in [6, 6.07) is 3.74. The van der Waals surface area contributed by atoms with Crippen LogP contribution < -0.4 is 10.1 Å². The number of allylic oxidation sites excluding steroid dienone is 1. The molecule has 0 saturated heterocycles. The predicted molar refractivity (Wildman–Crippen MR) is 86.3 cm³/mol. The Kier molecular flexibility index (Phi) is 4.06. The van der Waals surface area contributed by atoms with Gasteiger partial charge in [-0.1, -0.05) is 11.6 Å². The third kappa shape index (κ3) is 2.70. The number of fused-ring (bicyclic) bond motifs is 4. The molecule has 2 bridgehead atoms. The van der Waals surface area contributed by atoms with Crippen molar-refractivity contribution in [2.24, 2.45) is 5.92 Å². The number of ketones is 2. The summed E-state index contributed by atoms with van der Waals surface area (Å²) < 4.78 is 5.22. The van der Waals surface area contributed by atoms with E-state index in [9.17, 15) is 9.59 Å². The molecule has 5 heteroatoms. The van der Waals surface area contributed by atoms with Gasteiger partial charge in [0.1, 0.15) is 11.3 Å². The topological polar surface area (TPSA) is 68.3 Å². The lowest BCUT2D eigenvalue weighted by atomic mass is 9.65. The van der Waals surface area contributed by atoms with Crippen LogP contribution in [0.5, 0.6) is 5.88 Å². The number of nitrogens with one attached hydrogen (secondary N) is 1. The average Bonchev–Trinajstić information content (AvgIpc) is 2.49. The van der Waals surface area contributed by atoms with Crippen LogP contribution in [0.25, 0.3) is 0 Å². The van der Waals surface area contributed by atoms with Crippen molar-refractivity contribution in [2.45, 2.75) is 38.6 Å². The summed E-state index contributed by atoms with van der Waals surface area (Å²) in [6.07, 6.45) is 3.71. The standard InChI is InChI=1S/C18H22N2O3/c1-11-8-13-9-15-14(4-5-16(20-15)23-3)18(10-11,17(13)22)19-7-6-12(2)21/h4-5,8,13,19H,6-7,9-10H2,1-3H3/t13-,18-/m0/s1. The van der Waals surface area contributed by atoms with Gasteiger partial charge in [0.05, 0.1) is 12.8 Å². The third-order valence-corrected chi connectivity index (χ3v) is 4.72. The lowest BCUT2D eigenvalue weighted by molar-refractivity contribution is -0.130. The molecule has 5 nitrogen and oxygen atoms in total. The van der Waals surface area contributed by atoms with Crippen LogP contribution in [0.3, 0.4) is 0 Å². The summed E-state index contributed by atoms with van der Waals surface area (Å²) in [5.41, 5.74) is 2.28. The molecule has 0 unspecified atom stereocenters. The van der Waals surface area contributed by atoms with Gasteiger partial charge in [-0.25, -0.2) is 4.98 Å². The van der Waals surface area contributed by atoms with Crippen LogP contribution in [-0.2, 0) is 21.5 Å². The monoisotopic (exact) mass is 314 g/mol. The second kappa shape index (κ2) is 5.89. The first-order chi connectivity index (χ1) is 11.0. The largest absolute Gasteiger partial charge is 0.481 e. The lowest BCUT2D eigenvalue weighted by Gasteiger charge is -2.44. The van der Waals surface area contributed by atoms with Crippen molar-refractivity contribution < 1.29 is 14.3 Å². The van der Waals surface area contributed by atoms with Gasteiger partial charge in [-0.2, -0.15) is 0 Å². The molecule has 1 N–H and O–H groups in total. The van der Waals surface area contributed by atoms with E-state index in [0.29, 0.717) is 31.7 Å². The zero-order valence-corrected chi connectivity index (χ0v) is 13.8. The Hall–Kier alpha value is -2.01. The number of Topliss-reactive ketones (excluding diaryl/α,β-unsaturated/α-hetero) is 2. The number of carbonyl (C=O) groups excluding carboxylic acids is 2. The fourth-order valence-electron chi connectivity index (χ4n) is 3.72. The van der Waals surface area contributed by atoms with Gasteiger partial charge in [0.25, 0.3) is 0 Å². The Morgan fingerprint density at radius 3 is 2.96 bits per heavy atom. The second-order valence-electron chi connectivity index (χ2n) is 6.50. The number of rotatable bonds is 5. The van der Waals surface area contributed by atoms with Gasteiger partial charge in [0.15, 0.2) is 5.78 Å². The number of methoxy groups -OCH3 is 1. The van der Waals surface area contributed by atoms with Gasteiger partial charge in [-0.05, 0) is 26.3 Å². The number of carbonyl (C=O) groups is 2. The Bertz CT molecular complexity index is 696. The average molecular weight is 314 g/mol. The summed E-state index contributed by atoms with van der Waals surface area (Å²) in [4.78, 5) is 28.8. The number of ether oxygens (including phenoxy) is 1. The van der Waals surface area contributed by atoms with Crippen molar-refractivity contribution in [1.82, 2.24) is 10.3 Å². The highest BCUT2D eigenvalue weighted by molar-refractivity contribution is 5.96. The molecule has 0 aromatic carbocycles. The zero-order valence-electron chi connectivity index (χ0n) is 13.8. The van der Waals surface area contributed by atoms with E-state index in [4.69, 9.17) is 4.74 Å². The molecule has 2 atom stereocenters. The molecule has 1 heterocycles. The summed E-state index contributed by atoms with van der Waals surface area (Å²) in [5, 5.41) is 3.38. The van der Waals surface area contributed by atoms with Crippen molar-refractivity contribution in [3.8, 4) is 5.88 Å². The van der Waals surface area contributed by atoms with Crippen LogP contribution in [0, 0.1) is 5.92 Å². The predicted octanol–water partition coefficient (Wildman–Crippen LogP) is 1.95. The van der Waals surface area contributed by atoms with Crippen molar-refractivity contribution in [3.05, 3.63) is 35.0 Å². The molecule has 1 aromatic heterocycles. The lowest BCUT2D eigenvalue weighted by Crippen LogP contribution is -2.57. The molecule has 2 aliphatic carbocycles. The number of hydrogen-bond acceptors (Lipinski definition) is 5. The molecule has 122 valence electrons. The van der Waals surface area contributed by atoms with E-state index in [1.807, 2.05) is 6.07 Å². The number of aromatic nitrogens is 1. The van der Waals surface area contributed by atoms with Gasteiger partial charge < -0.3 is 10.1 Å². The molecule has 1 aromatic rings. The number of hydrogen-bond donors (Lipinski definition) is 1. The number of nitrogens with zero attached hydrogens (tertiary/aromatic N) is 1. The van der Waals surface area contributed by atoms with Crippen LogP contribution in [0.1, 0.15) is 37.9 Å². The van der Waals surface area contributed by atoms with E-state index in [-0.39, 0.29) is 17.5 Å². The molecular formula is C18H22N2O3. The van der Waals surface area contributed by atoms with E-state index in [0.717, 1.165) is 11.3 Å². The molecule has 23 heavy (non-hydrogen) atoms. The van der Waals surface area contributed by atoms with E-state index < -0.39 is 5.54 Å². The Balaban J connectivity index is 2.04. The molecule has 0 radical (unpaired) electrons. The summed E-state index contributed by atoms with van der Waals surface area (Å²) in [6.45, 7) is 4.12. The molecule has 0 amide bonds. The maximum Gasteiger partial charge on any atom is 0.213 e. The normalized spacial score (nSPS) is 25.6. The maximum atomic E-state index is 13.0. The van der Waals surface area contributed by atoms with Crippen LogP contribution in [0.4, 0.5) is 0 Å². The minimum atomic E-state index is -0.758. The van der Waals surface area contributed by atoms with Gasteiger partial charge in [0, 0.05) is 36.9 Å². The Labute approximate surface area is 136 Å². The van der Waals surface area contributed by atoms with Gasteiger partial charge in [-0.3, -0.25) is 9.59 Å². The van der Waals surface area contributed by atoms with Crippen LogP contribution in [-0.4, -0.2) is 30.2 Å². The zero-order chi connectivity index (χ0) is 16.6. The minimum absolute atomic E-state index is 0.116. The quantitative estimate of drug-likeness (QED) is 0.841. The molecule has 0 fully saturated rings. The highest BCUT2D eigenvalue weighted by Crippen LogP contribution is 2.43.